The molecule has 1 unspecified atom stereocenters. The van der Waals surface area contributed by atoms with Gasteiger partial charge in [0.25, 0.3) is 0 Å². The maximum absolute atomic E-state index is 10.6. The number of hydrogen-bond acceptors (Lipinski definition) is 8. The molecule has 0 aliphatic carbocycles. The zero-order valence-electron chi connectivity index (χ0n) is 7.10. The van der Waals surface area contributed by atoms with Crippen molar-refractivity contribution >= 4 is 12.0 Å². The van der Waals surface area contributed by atoms with Crippen LogP contribution in [0.15, 0.2) is 0 Å². The van der Waals surface area contributed by atoms with Crippen LogP contribution in [0.1, 0.15) is 6.42 Å². The van der Waals surface area contributed by atoms with E-state index in [1.165, 1.54) is 0 Å². The molecule has 0 N–H and O–H groups in total. The quantitative estimate of drug-likeness (QED) is 0.288. The molecular weight excluding hydrogens is 234 g/mol. The van der Waals surface area contributed by atoms with Crippen LogP contribution in [0.4, 0.5) is 0 Å². The van der Waals surface area contributed by atoms with Gasteiger partial charge in [0.15, 0.2) is 0 Å². The molecule has 0 aromatic rings. The van der Waals surface area contributed by atoms with Gasteiger partial charge < -0.3 is 0 Å². The Labute approximate surface area is 86.2 Å². The lowest BCUT2D eigenvalue weighted by Crippen LogP contribution is -2.61. The van der Waals surface area contributed by atoms with Gasteiger partial charge in [0, 0.05) is 29.1 Å². The van der Waals surface area contributed by atoms with E-state index in [4.69, 9.17) is 0 Å². The van der Waals surface area contributed by atoms with Gasteiger partial charge in [0.05, 0.1) is 0 Å². The van der Waals surface area contributed by atoms with Gasteiger partial charge in [-0.25, -0.2) is 0 Å². The fourth-order valence-electron chi connectivity index (χ4n) is 1.15. The van der Waals surface area contributed by atoms with E-state index in [0.717, 1.165) is 0 Å². The second-order valence-electron chi connectivity index (χ2n) is 2.67. The maximum Gasteiger partial charge on any atom is 0.657 e. The summed E-state index contributed by atoms with van der Waals surface area (Å²) in [5, 5.41) is 31.6. The summed E-state index contributed by atoms with van der Waals surface area (Å²) < 4.78 is 4.34. The molecule has 1 saturated heterocycles. The highest BCUT2D eigenvalue weighted by atomic mass is 32.2. The highest BCUT2D eigenvalue weighted by molar-refractivity contribution is 7.94. The van der Waals surface area contributed by atoms with Crippen molar-refractivity contribution in [2.45, 2.75) is 18.3 Å². The van der Waals surface area contributed by atoms with Crippen molar-refractivity contribution in [2.24, 2.45) is 0 Å². The summed E-state index contributed by atoms with van der Waals surface area (Å²) in [5.74, 6) is -3.07. The summed E-state index contributed by atoms with van der Waals surface area (Å²) in [5.41, 5.74) is 0. The SMILES string of the molecule is O=[N+]([O-])C1CCSOC1([N+](=O)[O-])[N+](=O)[O-]. The lowest BCUT2D eigenvalue weighted by Gasteiger charge is -2.21. The van der Waals surface area contributed by atoms with Crippen LogP contribution in [0.5, 0.6) is 0 Å². The van der Waals surface area contributed by atoms with Crippen LogP contribution in [0.2, 0.25) is 0 Å². The molecule has 0 radical (unpaired) electrons. The second kappa shape index (κ2) is 3.94. The standard InChI is InChI=1S/C4H5N3O7S/c8-5(9)3-1-2-15-14-4(3,6(10)11)7(12)13/h3H,1-2H2. The minimum Gasteiger partial charge on any atom is -0.263 e. The van der Waals surface area contributed by atoms with Crippen molar-refractivity contribution in [1.82, 2.24) is 0 Å². The normalized spacial score (nSPS) is 24.4. The molecule has 84 valence electrons. The first kappa shape index (κ1) is 11.6. The van der Waals surface area contributed by atoms with E-state index in [2.05, 4.69) is 4.18 Å². The van der Waals surface area contributed by atoms with Crippen LogP contribution in [-0.4, -0.2) is 32.4 Å². The molecular formula is C4H5N3O7S. The third-order valence-corrected chi connectivity index (χ3v) is 2.63. The lowest BCUT2D eigenvalue weighted by molar-refractivity contribution is -0.874. The summed E-state index contributed by atoms with van der Waals surface area (Å²) in [4.78, 5) is 27.8. The molecule has 1 aliphatic heterocycles. The van der Waals surface area contributed by atoms with E-state index in [9.17, 15) is 30.3 Å². The highest BCUT2D eigenvalue weighted by Gasteiger charge is 2.74. The first-order valence-electron chi connectivity index (χ1n) is 3.66. The molecule has 1 aliphatic rings. The van der Waals surface area contributed by atoms with E-state index in [0.29, 0.717) is 12.0 Å². The summed E-state index contributed by atoms with van der Waals surface area (Å²) in [7, 11) is 0. The molecule has 0 spiro atoms. The molecule has 0 aromatic carbocycles. The monoisotopic (exact) mass is 239 g/mol. The molecule has 1 rings (SSSR count). The molecule has 1 atom stereocenters. The number of hydrogen-bond donors (Lipinski definition) is 0. The van der Waals surface area contributed by atoms with Gasteiger partial charge in [-0.05, 0) is 0 Å². The van der Waals surface area contributed by atoms with Crippen molar-refractivity contribution in [3.8, 4) is 0 Å². The summed E-state index contributed by atoms with van der Waals surface area (Å²) in [6.45, 7) is 0. The predicted octanol–water partition coefficient (Wildman–Crippen LogP) is -0.0926. The minimum absolute atomic E-state index is 0.106. The first-order valence-corrected chi connectivity index (χ1v) is 4.57. The van der Waals surface area contributed by atoms with Crippen molar-refractivity contribution in [3.63, 3.8) is 0 Å². The van der Waals surface area contributed by atoms with E-state index < -0.39 is 26.7 Å². The Bertz CT molecular complexity index is 305. The summed E-state index contributed by atoms with van der Waals surface area (Å²) >= 11 is 0.492. The molecule has 1 fully saturated rings. The molecule has 11 heteroatoms. The zero-order chi connectivity index (χ0) is 11.6. The Balaban J connectivity index is 3.16. The fraction of sp³-hybridized carbons (Fsp3) is 1.00. The molecule has 0 bridgehead atoms. The van der Waals surface area contributed by atoms with E-state index in [-0.39, 0.29) is 12.2 Å². The van der Waals surface area contributed by atoms with Crippen molar-refractivity contribution < 1.29 is 19.0 Å². The van der Waals surface area contributed by atoms with Crippen LogP contribution < -0.4 is 0 Å². The largest absolute Gasteiger partial charge is 0.657 e. The van der Waals surface area contributed by atoms with Gasteiger partial charge in [0.2, 0.25) is 0 Å². The van der Waals surface area contributed by atoms with Crippen molar-refractivity contribution in [2.75, 3.05) is 5.75 Å². The maximum atomic E-state index is 10.6. The number of nitrogens with zero attached hydrogens (tertiary/aromatic N) is 3. The third kappa shape index (κ3) is 1.70. The smallest absolute Gasteiger partial charge is 0.263 e. The Kier molecular flexibility index (Phi) is 3.04. The average molecular weight is 239 g/mol. The Morgan fingerprint density at radius 1 is 1.20 bits per heavy atom. The van der Waals surface area contributed by atoms with E-state index in [1.807, 2.05) is 0 Å². The topological polar surface area (TPSA) is 139 Å². The predicted molar refractivity (Wildman–Crippen MR) is 45.7 cm³/mol. The number of rotatable bonds is 3. The lowest BCUT2D eigenvalue weighted by atomic mass is 10.1. The van der Waals surface area contributed by atoms with Crippen LogP contribution in [0.25, 0.3) is 0 Å². The summed E-state index contributed by atoms with van der Waals surface area (Å²) in [6.07, 6.45) is -0.278. The molecule has 15 heavy (non-hydrogen) atoms. The van der Waals surface area contributed by atoms with Crippen molar-refractivity contribution in [3.05, 3.63) is 30.3 Å². The van der Waals surface area contributed by atoms with Gasteiger partial charge >= 0.3 is 11.9 Å². The fourth-order valence-corrected chi connectivity index (χ4v) is 1.95. The van der Waals surface area contributed by atoms with Gasteiger partial charge in [-0.1, -0.05) is 0 Å². The van der Waals surface area contributed by atoms with Gasteiger partial charge in [-0.15, -0.1) is 0 Å². The molecule has 0 saturated carbocycles. The Morgan fingerprint density at radius 2 is 1.73 bits per heavy atom. The minimum atomic E-state index is -3.17. The second-order valence-corrected chi connectivity index (χ2v) is 3.48. The van der Waals surface area contributed by atoms with Crippen LogP contribution in [0, 0.1) is 30.3 Å². The molecule has 0 amide bonds. The first-order chi connectivity index (χ1) is 6.93. The van der Waals surface area contributed by atoms with Crippen molar-refractivity contribution in [1.29, 1.82) is 0 Å². The van der Waals surface area contributed by atoms with Crippen LogP contribution in [-0.2, 0) is 4.18 Å². The zero-order valence-corrected chi connectivity index (χ0v) is 7.92. The Morgan fingerprint density at radius 3 is 2.07 bits per heavy atom. The van der Waals surface area contributed by atoms with Crippen LogP contribution >= 0.6 is 12.0 Å². The Hall–Kier alpha value is -1.49. The van der Waals surface area contributed by atoms with E-state index in [1.54, 1.807) is 0 Å². The van der Waals surface area contributed by atoms with Gasteiger partial charge in [-0.3, -0.25) is 30.3 Å². The average Bonchev–Trinajstić information content (AvgIpc) is 2.16. The van der Waals surface area contributed by atoms with E-state index >= 15 is 0 Å². The van der Waals surface area contributed by atoms with Gasteiger partial charge in [-0.2, -0.15) is 4.18 Å². The number of nitro groups is 3. The molecule has 10 nitrogen and oxygen atoms in total. The van der Waals surface area contributed by atoms with Crippen LogP contribution in [0.3, 0.4) is 0 Å². The molecule has 1 heterocycles. The third-order valence-electron chi connectivity index (χ3n) is 1.87. The van der Waals surface area contributed by atoms with Gasteiger partial charge in [0.1, 0.15) is 9.85 Å². The highest BCUT2D eigenvalue weighted by Crippen LogP contribution is 2.33. The molecule has 0 aromatic heterocycles. The summed E-state index contributed by atoms with van der Waals surface area (Å²) in [6, 6.07) is -1.97.